The van der Waals surface area contributed by atoms with Crippen LogP contribution in [0.2, 0.25) is 0 Å². The van der Waals surface area contributed by atoms with Crippen LogP contribution in [-0.4, -0.2) is 85.8 Å². The number of hydrogen-bond donors (Lipinski definition) is 0. The second-order valence-electron chi connectivity index (χ2n) is 9.39. The van der Waals surface area contributed by atoms with Crippen LogP contribution in [0.1, 0.15) is 18.4 Å². The van der Waals surface area contributed by atoms with Gasteiger partial charge in [-0.3, -0.25) is 19.3 Å². The maximum absolute atomic E-state index is 14.9. The summed E-state index contributed by atoms with van der Waals surface area (Å²) in [6.07, 6.45) is -0.544. The van der Waals surface area contributed by atoms with Crippen molar-refractivity contribution in [1.29, 1.82) is 0 Å². The molecule has 2 aliphatic heterocycles. The molecular weight excluding hydrogens is 454 g/mol. The van der Waals surface area contributed by atoms with Gasteiger partial charge in [0.25, 0.3) is 0 Å². The molecule has 4 rings (SSSR count). The number of nitrogens with zero attached hydrogens (tertiary/aromatic N) is 4. The molecule has 35 heavy (non-hydrogen) atoms. The highest BCUT2D eigenvalue weighted by molar-refractivity contribution is 6.10. The van der Waals surface area contributed by atoms with Crippen LogP contribution in [0.4, 0.5) is 14.5 Å². The Morgan fingerprint density at radius 1 is 0.943 bits per heavy atom. The van der Waals surface area contributed by atoms with Crippen molar-refractivity contribution in [2.45, 2.75) is 18.3 Å². The number of amides is 3. The van der Waals surface area contributed by atoms with Gasteiger partial charge in [-0.25, -0.2) is 8.78 Å². The van der Waals surface area contributed by atoms with Crippen molar-refractivity contribution in [3.8, 4) is 0 Å². The summed E-state index contributed by atoms with van der Waals surface area (Å²) < 4.78 is 29.1. The van der Waals surface area contributed by atoms with Crippen molar-refractivity contribution in [1.82, 2.24) is 14.7 Å². The van der Waals surface area contributed by atoms with Crippen LogP contribution in [0, 0.1) is 11.6 Å². The summed E-state index contributed by atoms with van der Waals surface area (Å²) in [5.74, 6) is -2.19. The molecule has 9 heteroatoms. The van der Waals surface area contributed by atoms with E-state index in [9.17, 15) is 23.2 Å². The van der Waals surface area contributed by atoms with Crippen molar-refractivity contribution in [3.05, 3.63) is 65.7 Å². The van der Waals surface area contributed by atoms with Crippen molar-refractivity contribution >= 4 is 23.4 Å². The summed E-state index contributed by atoms with van der Waals surface area (Å²) in [4.78, 5) is 46.4. The van der Waals surface area contributed by atoms with Crippen LogP contribution in [0.3, 0.4) is 0 Å². The monoisotopic (exact) mass is 484 g/mol. The average molecular weight is 485 g/mol. The molecule has 3 amide bonds. The van der Waals surface area contributed by atoms with Gasteiger partial charge in [-0.15, -0.1) is 0 Å². The quantitative estimate of drug-likeness (QED) is 0.565. The molecule has 0 aromatic heterocycles. The minimum Gasteiger partial charge on any atom is -0.366 e. The molecule has 2 heterocycles. The zero-order chi connectivity index (χ0) is 25.2. The molecule has 0 spiro atoms. The Labute approximate surface area is 203 Å². The molecule has 2 aliphatic rings. The summed E-state index contributed by atoms with van der Waals surface area (Å²) in [7, 11) is 3.67. The lowest BCUT2D eigenvalue weighted by atomic mass is 9.75. The van der Waals surface area contributed by atoms with Crippen LogP contribution in [-0.2, 0) is 19.8 Å². The summed E-state index contributed by atoms with van der Waals surface area (Å²) >= 11 is 0. The number of carbonyl (C=O) groups is 3. The highest BCUT2D eigenvalue weighted by Gasteiger charge is 2.55. The lowest BCUT2D eigenvalue weighted by Gasteiger charge is -2.38. The molecule has 0 aliphatic carbocycles. The molecule has 0 saturated carbocycles. The SMILES string of the molecule is CN(C)CCN1C(=O)C[C@](CC(=O)N2CCN(c3ccccc3F)CC2)(c2ccccc2F)C1=O. The molecule has 2 aromatic rings. The van der Waals surface area contributed by atoms with Gasteiger partial charge in [0.1, 0.15) is 11.6 Å². The minimum absolute atomic E-state index is 0.0732. The lowest BCUT2D eigenvalue weighted by molar-refractivity contribution is -0.143. The molecular formula is C26H30F2N4O3. The number of halogens is 2. The number of likely N-dealkylation sites (tertiary alicyclic amines) is 1. The molecule has 2 saturated heterocycles. The number of rotatable bonds is 7. The number of hydrogen-bond acceptors (Lipinski definition) is 5. The summed E-state index contributed by atoms with van der Waals surface area (Å²) in [6, 6.07) is 12.3. The number of likely N-dealkylation sites (N-methyl/N-ethyl adjacent to an activating group) is 1. The number of para-hydroxylation sites is 1. The van der Waals surface area contributed by atoms with Gasteiger partial charge < -0.3 is 14.7 Å². The average Bonchev–Trinajstić information content (AvgIpc) is 3.07. The smallest absolute Gasteiger partial charge is 0.241 e. The molecule has 0 radical (unpaired) electrons. The fourth-order valence-corrected chi connectivity index (χ4v) is 4.90. The third-order valence-electron chi connectivity index (χ3n) is 6.85. The molecule has 0 unspecified atom stereocenters. The van der Waals surface area contributed by atoms with Crippen molar-refractivity contribution in [2.75, 3.05) is 58.3 Å². The Balaban J connectivity index is 1.54. The maximum Gasteiger partial charge on any atom is 0.241 e. The molecule has 0 N–H and O–H groups in total. The fourth-order valence-electron chi connectivity index (χ4n) is 4.90. The number of carbonyl (C=O) groups excluding carboxylic acids is 3. The Morgan fingerprint density at radius 2 is 1.57 bits per heavy atom. The van der Waals surface area contributed by atoms with E-state index in [1.807, 2.05) is 23.9 Å². The van der Waals surface area contributed by atoms with Gasteiger partial charge in [0.2, 0.25) is 17.7 Å². The van der Waals surface area contributed by atoms with Crippen LogP contribution < -0.4 is 4.90 Å². The van der Waals surface area contributed by atoms with Gasteiger partial charge in [0.05, 0.1) is 11.1 Å². The summed E-state index contributed by atoms with van der Waals surface area (Å²) in [5.41, 5.74) is -1.02. The predicted molar refractivity (Wildman–Crippen MR) is 128 cm³/mol. The van der Waals surface area contributed by atoms with Crippen LogP contribution >= 0.6 is 0 Å². The second-order valence-corrected chi connectivity index (χ2v) is 9.39. The Morgan fingerprint density at radius 3 is 2.20 bits per heavy atom. The van der Waals surface area contributed by atoms with E-state index in [0.29, 0.717) is 38.4 Å². The van der Waals surface area contributed by atoms with Crippen LogP contribution in [0.15, 0.2) is 48.5 Å². The van der Waals surface area contributed by atoms with E-state index in [2.05, 4.69) is 0 Å². The standard InChI is InChI=1S/C26H30F2N4O3/c1-29(2)11-16-32-24(34)18-26(25(32)35,19-7-3-4-8-20(19)27)17-23(33)31-14-12-30(13-15-31)22-10-6-5-9-21(22)28/h3-10H,11-18H2,1-2H3/t26-/m1/s1. The van der Waals surface area contributed by atoms with Crippen LogP contribution in [0.25, 0.3) is 0 Å². The number of benzene rings is 2. The summed E-state index contributed by atoms with van der Waals surface area (Å²) in [6.45, 7) is 2.19. The van der Waals surface area contributed by atoms with Crippen molar-refractivity contribution < 1.29 is 23.2 Å². The van der Waals surface area contributed by atoms with Gasteiger partial charge in [0, 0.05) is 57.7 Å². The zero-order valence-corrected chi connectivity index (χ0v) is 20.0. The van der Waals surface area contributed by atoms with Crippen molar-refractivity contribution in [3.63, 3.8) is 0 Å². The maximum atomic E-state index is 14.9. The number of imide groups is 1. The first-order valence-electron chi connectivity index (χ1n) is 11.7. The van der Waals surface area contributed by atoms with E-state index in [1.165, 1.54) is 24.3 Å². The first-order valence-corrected chi connectivity index (χ1v) is 11.7. The topological polar surface area (TPSA) is 64.2 Å². The van der Waals surface area contributed by atoms with Gasteiger partial charge >= 0.3 is 0 Å². The Bertz CT molecular complexity index is 1120. The molecule has 186 valence electrons. The molecule has 0 bridgehead atoms. The third-order valence-corrected chi connectivity index (χ3v) is 6.85. The van der Waals surface area contributed by atoms with Gasteiger partial charge in [-0.1, -0.05) is 30.3 Å². The zero-order valence-electron chi connectivity index (χ0n) is 20.0. The van der Waals surface area contributed by atoms with E-state index in [-0.39, 0.29) is 36.7 Å². The second kappa shape index (κ2) is 10.1. The fraction of sp³-hybridized carbons (Fsp3) is 0.423. The van der Waals surface area contributed by atoms with Gasteiger partial charge in [-0.05, 0) is 32.3 Å². The minimum atomic E-state index is -1.57. The van der Waals surface area contributed by atoms with Crippen LogP contribution in [0.5, 0.6) is 0 Å². The summed E-state index contributed by atoms with van der Waals surface area (Å²) in [5, 5.41) is 0. The van der Waals surface area contributed by atoms with E-state index in [4.69, 9.17) is 0 Å². The Hall–Kier alpha value is -3.33. The van der Waals surface area contributed by atoms with Gasteiger partial charge in [-0.2, -0.15) is 0 Å². The Kier molecular flexibility index (Phi) is 7.16. The first-order chi connectivity index (χ1) is 16.7. The van der Waals surface area contributed by atoms with E-state index < -0.39 is 23.0 Å². The van der Waals surface area contributed by atoms with Crippen molar-refractivity contribution in [2.24, 2.45) is 0 Å². The molecule has 7 nitrogen and oxygen atoms in total. The van der Waals surface area contributed by atoms with E-state index in [1.54, 1.807) is 29.2 Å². The van der Waals surface area contributed by atoms with E-state index >= 15 is 0 Å². The number of anilines is 1. The van der Waals surface area contributed by atoms with E-state index in [0.717, 1.165) is 4.90 Å². The normalized spacial score (nSPS) is 20.8. The molecule has 1 atom stereocenters. The largest absolute Gasteiger partial charge is 0.366 e. The molecule has 2 aromatic carbocycles. The third kappa shape index (κ3) is 4.91. The number of piperazine rings is 1. The van der Waals surface area contributed by atoms with Gasteiger partial charge in [0.15, 0.2) is 0 Å². The highest BCUT2D eigenvalue weighted by atomic mass is 19.1. The lowest BCUT2D eigenvalue weighted by Crippen LogP contribution is -2.51. The highest BCUT2D eigenvalue weighted by Crippen LogP contribution is 2.41. The first kappa shape index (κ1) is 24.8. The molecule has 2 fully saturated rings. The predicted octanol–water partition coefficient (Wildman–Crippen LogP) is 2.26.